The van der Waals surface area contributed by atoms with Crippen LogP contribution in [0.5, 0.6) is 0 Å². The number of likely N-dealkylation sites (tertiary alicyclic amines) is 1. The van der Waals surface area contributed by atoms with Crippen molar-refractivity contribution in [2.75, 3.05) is 20.1 Å². The fourth-order valence-electron chi connectivity index (χ4n) is 1.80. The number of likely N-dealkylation sites (N-methyl/N-ethyl adjacent to an activating group) is 1. The van der Waals surface area contributed by atoms with Crippen molar-refractivity contribution in [3.63, 3.8) is 0 Å². The molecule has 1 saturated heterocycles. The Balaban J connectivity index is 2.33. The van der Waals surface area contributed by atoms with Gasteiger partial charge in [0.25, 0.3) is 0 Å². The van der Waals surface area contributed by atoms with E-state index in [4.69, 9.17) is 5.11 Å². The highest BCUT2D eigenvalue weighted by atomic mass is 16.4. The molecule has 1 aliphatic rings. The molecule has 0 spiro atoms. The lowest BCUT2D eigenvalue weighted by atomic mass is 10.0. The summed E-state index contributed by atoms with van der Waals surface area (Å²) in [6, 6.07) is 0.501. The molecule has 3 unspecified atom stereocenters. The topological polar surface area (TPSA) is 52.6 Å². The lowest BCUT2D eigenvalue weighted by molar-refractivity contribution is -0.142. The molecule has 0 aromatic rings. The minimum Gasteiger partial charge on any atom is -0.481 e. The molecule has 0 bridgehead atoms. The van der Waals surface area contributed by atoms with Crippen LogP contribution < -0.4 is 5.32 Å². The van der Waals surface area contributed by atoms with Crippen molar-refractivity contribution in [3.05, 3.63) is 0 Å². The first-order valence-corrected chi connectivity index (χ1v) is 5.18. The number of hydrogen-bond acceptors (Lipinski definition) is 3. The quantitative estimate of drug-likeness (QED) is 0.689. The Bertz CT molecular complexity index is 208. The van der Waals surface area contributed by atoms with E-state index < -0.39 is 5.97 Å². The number of nitrogens with zero attached hydrogens (tertiary/aromatic N) is 1. The second-order valence-electron chi connectivity index (χ2n) is 4.33. The van der Waals surface area contributed by atoms with Crippen LogP contribution in [0.4, 0.5) is 0 Å². The molecule has 4 heteroatoms. The Labute approximate surface area is 85.3 Å². The molecule has 0 amide bonds. The van der Waals surface area contributed by atoms with Crippen molar-refractivity contribution in [2.45, 2.75) is 32.4 Å². The van der Waals surface area contributed by atoms with Crippen molar-refractivity contribution < 1.29 is 9.90 Å². The maximum absolute atomic E-state index is 10.7. The molecule has 4 nitrogen and oxygen atoms in total. The third-order valence-corrected chi connectivity index (χ3v) is 3.03. The van der Waals surface area contributed by atoms with E-state index in [1.54, 1.807) is 6.92 Å². The van der Waals surface area contributed by atoms with E-state index in [1.807, 2.05) is 6.92 Å². The third-order valence-electron chi connectivity index (χ3n) is 3.03. The van der Waals surface area contributed by atoms with Gasteiger partial charge in [-0.25, -0.2) is 0 Å². The number of hydrogen-bond donors (Lipinski definition) is 2. The number of aliphatic carboxylic acids is 1. The Kier molecular flexibility index (Phi) is 3.89. The van der Waals surface area contributed by atoms with E-state index >= 15 is 0 Å². The molecule has 0 aromatic heterocycles. The number of carboxylic acids is 1. The van der Waals surface area contributed by atoms with E-state index in [1.165, 1.54) is 0 Å². The maximum atomic E-state index is 10.7. The maximum Gasteiger partial charge on any atom is 0.307 e. The number of rotatable bonds is 4. The van der Waals surface area contributed by atoms with Crippen LogP contribution >= 0.6 is 0 Å². The molecule has 1 rings (SSSR count). The van der Waals surface area contributed by atoms with Gasteiger partial charge in [0.05, 0.1) is 5.92 Å². The van der Waals surface area contributed by atoms with Crippen molar-refractivity contribution in [1.29, 1.82) is 0 Å². The zero-order chi connectivity index (χ0) is 10.7. The van der Waals surface area contributed by atoms with Crippen LogP contribution in [0.3, 0.4) is 0 Å². The molecule has 0 saturated carbocycles. The lowest BCUT2D eigenvalue weighted by Gasteiger charge is -2.22. The molecule has 1 fully saturated rings. The molecular weight excluding hydrogens is 180 g/mol. The molecule has 3 atom stereocenters. The van der Waals surface area contributed by atoms with Gasteiger partial charge in [-0.2, -0.15) is 0 Å². The fraction of sp³-hybridized carbons (Fsp3) is 0.900. The van der Waals surface area contributed by atoms with Crippen LogP contribution in [0, 0.1) is 5.92 Å². The van der Waals surface area contributed by atoms with E-state index in [0.29, 0.717) is 6.04 Å². The first-order chi connectivity index (χ1) is 6.50. The summed E-state index contributed by atoms with van der Waals surface area (Å²) in [5.74, 6) is -1.04. The average molecular weight is 200 g/mol. The summed E-state index contributed by atoms with van der Waals surface area (Å²) in [5, 5.41) is 12.2. The van der Waals surface area contributed by atoms with Crippen molar-refractivity contribution in [3.8, 4) is 0 Å². The van der Waals surface area contributed by atoms with Crippen LogP contribution in [0.2, 0.25) is 0 Å². The molecule has 0 aromatic carbocycles. The molecule has 2 N–H and O–H groups in total. The first-order valence-electron chi connectivity index (χ1n) is 5.18. The number of nitrogens with one attached hydrogen (secondary N) is 1. The second-order valence-corrected chi connectivity index (χ2v) is 4.33. The van der Waals surface area contributed by atoms with Gasteiger partial charge in [0, 0.05) is 18.6 Å². The molecule has 0 radical (unpaired) electrons. The predicted molar refractivity (Wildman–Crippen MR) is 55.3 cm³/mol. The zero-order valence-electron chi connectivity index (χ0n) is 9.16. The van der Waals surface area contributed by atoms with Crippen LogP contribution in [-0.4, -0.2) is 48.2 Å². The molecule has 82 valence electrons. The smallest absolute Gasteiger partial charge is 0.307 e. The SMILES string of the molecule is CC(NC1CCN(C)C1)C(C)C(=O)O. The number of carbonyl (C=O) groups is 1. The van der Waals surface area contributed by atoms with Crippen molar-refractivity contribution >= 4 is 5.97 Å². The third kappa shape index (κ3) is 2.96. The highest BCUT2D eigenvalue weighted by molar-refractivity contribution is 5.70. The van der Waals surface area contributed by atoms with Gasteiger partial charge in [-0.1, -0.05) is 6.92 Å². The van der Waals surface area contributed by atoms with Crippen molar-refractivity contribution in [2.24, 2.45) is 5.92 Å². The normalized spacial score (nSPS) is 27.5. The highest BCUT2D eigenvalue weighted by Gasteiger charge is 2.25. The number of carboxylic acid groups (broad SMARTS) is 1. The van der Waals surface area contributed by atoms with Gasteiger partial charge in [-0.3, -0.25) is 4.79 Å². The van der Waals surface area contributed by atoms with Gasteiger partial charge >= 0.3 is 5.97 Å². The van der Waals surface area contributed by atoms with Gasteiger partial charge in [-0.05, 0) is 26.9 Å². The molecular formula is C10H20N2O2. The van der Waals surface area contributed by atoms with Crippen LogP contribution in [0.1, 0.15) is 20.3 Å². The molecule has 0 aliphatic carbocycles. The van der Waals surface area contributed by atoms with Gasteiger partial charge in [0.15, 0.2) is 0 Å². The molecule has 1 aliphatic heterocycles. The van der Waals surface area contributed by atoms with Crippen LogP contribution in [0.15, 0.2) is 0 Å². The van der Waals surface area contributed by atoms with Gasteiger partial charge in [0.1, 0.15) is 0 Å². The fourth-order valence-corrected chi connectivity index (χ4v) is 1.80. The summed E-state index contributed by atoms with van der Waals surface area (Å²) in [6.45, 7) is 5.82. The largest absolute Gasteiger partial charge is 0.481 e. The standard InChI is InChI=1S/C10H20N2O2/c1-7(10(13)14)8(2)11-9-4-5-12(3)6-9/h7-9,11H,4-6H2,1-3H3,(H,13,14). The van der Waals surface area contributed by atoms with Gasteiger partial charge < -0.3 is 15.3 Å². The van der Waals surface area contributed by atoms with Gasteiger partial charge in [0.2, 0.25) is 0 Å². The van der Waals surface area contributed by atoms with E-state index in [9.17, 15) is 4.79 Å². The summed E-state index contributed by atoms with van der Waals surface area (Å²) in [4.78, 5) is 13.0. The zero-order valence-corrected chi connectivity index (χ0v) is 9.16. The van der Waals surface area contributed by atoms with E-state index in [2.05, 4.69) is 17.3 Å². The Morgan fingerprint density at radius 2 is 2.21 bits per heavy atom. The Hall–Kier alpha value is -0.610. The summed E-state index contributed by atoms with van der Waals surface area (Å²) < 4.78 is 0. The summed E-state index contributed by atoms with van der Waals surface area (Å²) in [5.41, 5.74) is 0. The van der Waals surface area contributed by atoms with E-state index in [0.717, 1.165) is 19.5 Å². The minimum atomic E-state index is -0.726. The Morgan fingerprint density at radius 3 is 2.64 bits per heavy atom. The summed E-state index contributed by atoms with van der Waals surface area (Å²) >= 11 is 0. The lowest BCUT2D eigenvalue weighted by Crippen LogP contribution is -2.43. The molecule has 14 heavy (non-hydrogen) atoms. The monoisotopic (exact) mass is 200 g/mol. The second kappa shape index (κ2) is 4.75. The van der Waals surface area contributed by atoms with Crippen LogP contribution in [0.25, 0.3) is 0 Å². The Morgan fingerprint density at radius 1 is 1.57 bits per heavy atom. The summed E-state index contributed by atoms with van der Waals surface area (Å²) in [7, 11) is 2.09. The first kappa shape index (κ1) is 11.5. The van der Waals surface area contributed by atoms with Gasteiger partial charge in [-0.15, -0.1) is 0 Å². The predicted octanol–water partition coefficient (Wildman–Crippen LogP) is 0.389. The minimum absolute atomic E-state index is 0.0454. The molecule has 1 heterocycles. The van der Waals surface area contributed by atoms with Crippen LogP contribution in [-0.2, 0) is 4.79 Å². The van der Waals surface area contributed by atoms with Crippen molar-refractivity contribution in [1.82, 2.24) is 10.2 Å². The summed E-state index contributed by atoms with van der Waals surface area (Å²) in [6.07, 6.45) is 1.12. The average Bonchev–Trinajstić information content (AvgIpc) is 2.49. The highest BCUT2D eigenvalue weighted by Crippen LogP contribution is 2.10. The van der Waals surface area contributed by atoms with E-state index in [-0.39, 0.29) is 12.0 Å².